The second-order valence-electron chi connectivity index (χ2n) is 4.87. The van der Waals surface area contributed by atoms with Gasteiger partial charge in [0.25, 0.3) is 0 Å². The summed E-state index contributed by atoms with van der Waals surface area (Å²) in [6, 6.07) is 5.81. The molecule has 0 bridgehead atoms. The molecule has 0 saturated heterocycles. The lowest BCUT2D eigenvalue weighted by Crippen LogP contribution is -2.04. The maximum Gasteiger partial charge on any atom is 0.135 e. The van der Waals surface area contributed by atoms with Gasteiger partial charge in [-0.3, -0.25) is 4.98 Å². The molecule has 0 aromatic carbocycles. The Kier molecular flexibility index (Phi) is 3.34. The summed E-state index contributed by atoms with van der Waals surface area (Å²) in [6.07, 6.45) is 4.20. The van der Waals surface area contributed by atoms with Gasteiger partial charge < -0.3 is 5.32 Å². The molecule has 1 saturated carbocycles. The molecule has 19 heavy (non-hydrogen) atoms. The van der Waals surface area contributed by atoms with Crippen molar-refractivity contribution in [3.63, 3.8) is 0 Å². The highest BCUT2D eigenvalue weighted by atomic mass is 35.5. The molecule has 0 spiro atoms. The van der Waals surface area contributed by atoms with Gasteiger partial charge >= 0.3 is 0 Å². The zero-order valence-corrected chi connectivity index (χ0v) is 11.5. The highest BCUT2D eigenvalue weighted by molar-refractivity contribution is 6.29. The van der Waals surface area contributed by atoms with Gasteiger partial charge in [0.15, 0.2) is 0 Å². The topological polar surface area (TPSA) is 50.7 Å². The molecule has 0 aliphatic heterocycles. The molecular formula is C14H15ClN4. The molecule has 3 rings (SSSR count). The summed E-state index contributed by atoms with van der Waals surface area (Å²) >= 11 is 6.02. The molecule has 98 valence electrons. The summed E-state index contributed by atoms with van der Waals surface area (Å²) in [5.74, 6) is 2.14. The van der Waals surface area contributed by atoms with Crippen LogP contribution in [-0.2, 0) is 6.54 Å². The van der Waals surface area contributed by atoms with Crippen molar-refractivity contribution in [2.45, 2.75) is 32.2 Å². The normalized spacial score (nSPS) is 14.4. The Balaban J connectivity index is 1.70. The van der Waals surface area contributed by atoms with E-state index in [4.69, 9.17) is 11.6 Å². The van der Waals surface area contributed by atoms with E-state index in [2.05, 4.69) is 26.3 Å². The Bertz CT molecular complexity index is 578. The first kappa shape index (κ1) is 12.4. The van der Waals surface area contributed by atoms with E-state index < -0.39 is 0 Å². The van der Waals surface area contributed by atoms with Gasteiger partial charge in [0, 0.05) is 30.4 Å². The predicted molar refractivity (Wildman–Crippen MR) is 75.3 cm³/mol. The van der Waals surface area contributed by atoms with Crippen LogP contribution in [0, 0.1) is 6.92 Å². The third kappa shape index (κ3) is 3.20. The third-order valence-electron chi connectivity index (χ3n) is 3.10. The molecule has 1 aliphatic carbocycles. The van der Waals surface area contributed by atoms with E-state index in [-0.39, 0.29) is 0 Å². The smallest absolute Gasteiger partial charge is 0.135 e. The first-order valence-electron chi connectivity index (χ1n) is 6.40. The summed E-state index contributed by atoms with van der Waals surface area (Å²) in [5.41, 5.74) is 2.14. The molecule has 5 heteroatoms. The highest BCUT2D eigenvalue weighted by Crippen LogP contribution is 2.38. The van der Waals surface area contributed by atoms with Gasteiger partial charge in [-0.2, -0.15) is 0 Å². The number of aromatic nitrogens is 3. The van der Waals surface area contributed by atoms with Crippen molar-refractivity contribution >= 4 is 17.4 Å². The van der Waals surface area contributed by atoms with E-state index in [9.17, 15) is 0 Å². The van der Waals surface area contributed by atoms with Crippen LogP contribution in [-0.4, -0.2) is 15.0 Å². The standard InChI is InChI=1S/C14H15ClN4/c1-9-2-3-10(7-16-9)8-17-13-6-12(15)18-14(19-13)11-4-5-11/h2-3,6-7,11H,4-5,8H2,1H3,(H,17,18,19). The molecule has 1 aliphatic rings. The van der Waals surface area contributed by atoms with Crippen molar-refractivity contribution in [2.75, 3.05) is 5.32 Å². The van der Waals surface area contributed by atoms with E-state index in [1.807, 2.05) is 19.2 Å². The number of nitrogens with zero attached hydrogens (tertiary/aromatic N) is 3. The summed E-state index contributed by atoms with van der Waals surface area (Å²) in [7, 11) is 0. The van der Waals surface area contributed by atoms with Gasteiger partial charge in [0.05, 0.1) is 0 Å². The molecule has 1 fully saturated rings. The molecular weight excluding hydrogens is 260 g/mol. The van der Waals surface area contributed by atoms with E-state index in [0.717, 1.165) is 22.9 Å². The van der Waals surface area contributed by atoms with Crippen molar-refractivity contribution in [2.24, 2.45) is 0 Å². The van der Waals surface area contributed by atoms with Crippen LogP contribution in [0.3, 0.4) is 0 Å². The average Bonchev–Trinajstić information content (AvgIpc) is 3.22. The van der Waals surface area contributed by atoms with Crippen molar-refractivity contribution < 1.29 is 0 Å². The summed E-state index contributed by atoms with van der Waals surface area (Å²) in [4.78, 5) is 13.0. The largest absolute Gasteiger partial charge is 0.366 e. The lowest BCUT2D eigenvalue weighted by atomic mass is 10.2. The Morgan fingerprint density at radius 3 is 2.84 bits per heavy atom. The Morgan fingerprint density at radius 2 is 2.16 bits per heavy atom. The fourth-order valence-corrected chi connectivity index (χ4v) is 2.04. The van der Waals surface area contributed by atoms with Crippen molar-refractivity contribution in [1.29, 1.82) is 0 Å². The van der Waals surface area contributed by atoms with Crippen LogP contribution in [0.2, 0.25) is 5.15 Å². The Morgan fingerprint density at radius 1 is 1.32 bits per heavy atom. The second-order valence-corrected chi connectivity index (χ2v) is 5.26. The summed E-state index contributed by atoms with van der Waals surface area (Å²) in [6.45, 7) is 2.66. The van der Waals surface area contributed by atoms with Gasteiger partial charge in [0.2, 0.25) is 0 Å². The number of aryl methyl sites for hydroxylation is 1. The number of hydrogen-bond acceptors (Lipinski definition) is 4. The predicted octanol–water partition coefficient (Wildman–Crippen LogP) is 3.32. The number of rotatable bonds is 4. The summed E-state index contributed by atoms with van der Waals surface area (Å²) in [5, 5.41) is 3.77. The molecule has 2 heterocycles. The van der Waals surface area contributed by atoms with Gasteiger partial charge in [-0.05, 0) is 31.4 Å². The zero-order valence-electron chi connectivity index (χ0n) is 10.7. The molecule has 2 aromatic rings. The zero-order chi connectivity index (χ0) is 13.2. The number of anilines is 1. The van der Waals surface area contributed by atoms with Crippen LogP contribution in [0.4, 0.5) is 5.82 Å². The SMILES string of the molecule is Cc1ccc(CNc2cc(Cl)nc(C3CC3)n2)cn1. The molecule has 0 radical (unpaired) electrons. The highest BCUT2D eigenvalue weighted by Gasteiger charge is 2.27. The quantitative estimate of drug-likeness (QED) is 0.869. The number of nitrogens with one attached hydrogen (secondary N) is 1. The van der Waals surface area contributed by atoms with Crippen LogP contribution < -0.4 is 5.32 Å². The fraction of sp³-hybridized carbons (Fsp3) is 0.357. The molecule has 1 N–H and O–H groups in total. The van der Waals surface area contributed by atoms with Gasteiger partial charge in [-0.15, -0.1) is 0 Å². The van der Waals surface area contributed by atoms with Gasteiger partial charge in [0.1, 0.15) is 16.8 Å². The minimum Gasteiger partial charge on any atom is -0.366 e. The molecule has 4 nitrogen and oxygen atoms in total. The van der Waals surface area contributed by atoms with Gasteiger partial charge in [-0.1, -0.05) is 17.7 Å². The first-order valence-corrected chi connectivity index (χ1v) is 6.78. The monoisotopic (exact) mass is 274 g/mol. The van der Waals surface area contributed by atoms with Crippen molar-refractivity contribution in [3.8, 4) is 0 Å². The van der Waals surface area contributed by atoms with Crippen LogP contribution in [0.15, 0.2) is 24.4 Å². The van der Waals surface area contributed by atoms with Crippen LogP contribution in [0.5, 0.6) is 0 Å². The third-order valence-corrected chi connectivity index (χ3v) is 3.29. The van der Waals surface area contributed by atoms with Crippen LogP contribution in [0.25, 0.3) is 0 Å². The average molecular weight is 275 g/mol. The maximum absolute atomic E-state index is 6.02. The maximum atomic E-state index is 6.02. The minimum absolute atomic E-state index is 0.500. The lowest BCUT2D eigenvalue weighted by molar-refractivity contribution is 0.920. The van der Waals surface area contributed by atoms with Gasteiger partial charge in [-0.25, -0.2) is 9.97 Å². The molecule has 0 amide bonds. The Hall–Kier alpha value is -1.68. The van der Waals surface area contributed by atoms with Crippen molar-refractivity contribution in [3.05, 3.63) is 46.6 Å². The molecule has 2 aromatic heterocycles. The summed E-state index contributed by atoms with van der Waals surface area (Å²) < 4.78 is 0. The molecule has 0 unspecified atom stereocenters. The minimum atomic E-state index is 0.500. The number of halogens is 1. The second kappa shape index (κ2) is 5.13. The number of pyridine rings is 1. The van der Waals surface area contributed by atoms with E-state index in [0.29, 0.717) is 17.6 Å². The fourth-order valence-electron chi connectivity index (χ4n) is 1.85. The molecule has 0 atom stereocenters. The van der Waals surface area contributed by atoms with E-state index in [1.165, 1.54) is 12.8 Å². The lowest BCUT2D eigenvalue weighted by Gasteiger charge is -2.07. The van der Waals surface area contributed by atoms with E-state index >= 15 is 0 Å². The van der Waals surface area contributed by atoms with Crippen molar-refractivity contribution in [1.82, 2.24) is 15.0 Å². The van der Waals surface area contributed by atoms with Crippen LogP contribution >= 0.6 is 11.6 Å². The van der Waals surface area contributed by atoms with Crippen LogP contribution in [0.1, 0.15) is 35.8 Å². The number of hydrogen-bond donors (Lipinski definition) is 1. The first-order chi connectivity index (χ1) is 9.20. The Labute approximate surface area is 117 Å². The van der Waals surface area contributed by atoms with E-state index in [1.54, 1.807) is 6.07 Å².